The number of hydrogen-bond donors (Lipinski definition) is 0. The lowest BCUT2D eigenvalue weighted by molar-refractivity contribution is 0.104. The quantitative estimate of drug-likeness (QED) is 0.448. The van der Waals surface area contributed by atoms with E-state index in [4.69, 9.17) is 16.0 Å². The average Bonchev–Trinajstić information content (AvgIpc) is 3.01. The molecule has 114 valence electrons. The molecule has 2 nitrogen and oxygen atoms in total. The van der Waals surface area contributed by atoms with E-state index in [-0.39, 0.29) is 5.78 Å². The summed E-state index contributed by atoms with van der Waals surface area (Å²) in [6.45, 7) is 1.96. The maximum Gasteiger partial charge on any atom is 0.185 e. The zero-order valence-corrected chi connectivity index (χ0v) is 13.4. The maximum absolute atomic E-state index is 12.1. The molecular formula is C20H15ClO2. The number of hydrogen-bond acceptors (Lipinski definition) is 2. The largest absolute Gasteiger partial charge is 0.457 e. The van der Waals surface area contributed by atoms with Crippen molar-refractivity contribution in [1.29, 1.82) is 0 Å². The first-order chi connectivity index (χ1) is 11.1. The van der Waals surface area contributed by atoms with E-state index in [1.54, 1.807) is 12.1 Å². The van der Waals surface area contributed by atoms with Crippen LogP contribution in [0.1, 0.15) is 21.7 Å². The van der Waals surface area contributed by atoms with Crippen LogP contribution in [0.15, 0.2) is 71.2 Å². The summed E-state index contributed by atoms with van der Waals surface area (Å²) < 4.78 is 5.74. The van der Waals surface area contributed by atoms with Crippen molar-refractivity contribution >= 4 is 23.5 Å². The number of ketones is 1. The van der Waals surface area contributed by atoms with Gasteiger partial charge < -0.3 is 4.42 Å². The number of allylic oxidation sites excluding steroid dienone is 1. The van der Waals surface area contributed by atoms with Gasteiger partial charge in [-0.3, -0.25) is 4.79 Å². The summed E-state index contributed by atoms with van der Waals surface area (Å²) in [7, 11) is 0. The Morgan fingerprint density at radius 1 is 1.04 bits per heavy atom. The number of rotatable bonds is 4. The minimum Gasteiger partial charge on any atom is -0.457 e. The molecule has 1 aromatic heterocycles. The fraction of sp³-hybridized carbons (Fsp3) is 0.0500. The molecule has 1 heterocycles. The Balaban J connectivity index is 1.77. The van der Waals surface area contributed by atoms with E-state index < -0.39 is 0 Å². The van der Waals surface area contributed by atoms with E-state index >= 15 is 0 Å². The van der Waals surface area contributed by atoms with E-state index in [1.807, 2.05) is 61.5 Å². The number of carbonyl (C=O) groups is 1. The van der Waals surface area contributed by atoms with Crippen LogP contribution < -0.4 is 0 Å². The Kier molecular flexibility index (Phi) is 4.45. The van der Waals surface area contributed by atoms with Crippen molar-refractivity contribution in [3.63, 3.8) is 0 Å². The molecule has 0 aliphatic heterocycles. The van der Waals surface area contributed by atoms with Crippen molar-refractivity contribution in [2.24, 2.45) is 0 Å². The second kappa shape index (κ2) is 6.67. The molecule has 23 heavy (non-hydrogen) atoms. The topological polar surface area (TPSA) is 30.2 Å². The molecule has 0 N–H and O–H groups in total. The second-order valence-corrected chi connectivity index (χ2v) is 5.72. The van der Waals surface area contributed by atoms with Crippen LogP contribution in [0.2, 0.25) is 5.02 Å². The van der Waals surface area contributed by atoms with Gasteiger partial charge in [0.05, 0.1) is 0 Å². The van der Waals surface area contributed by atoms with Gasteiger partial charge in [0.1, 0.15) is 11.5 Å². The highest BCUT2D eigenvalue weighted by atomic mass is 35.5. The molecule has 0 saturated carbocycles. The van der Waals surface area contributed by atoms with E-state index in [0.29, 0.717) is 16.3 Å². The molecule has 0 radical (unpaired) electrons. The lowest BCUT2D eigenvalue weighted by Gasteiger charge is -1.98. The third kappa shape index (κ3) is 3.79. The van der Waals surface area contributed by atoms with Gasteiger partial charge in [0.15, 0.2) is 5.78 Å². The summed E-state index contributed by atoms with van der Waals surface area (Å²) in [5.74, 6) is 1.30. The summed E-state index contributed by atoms with van der Waals surface area (Å²) in [5, 5.41) is 0.658. The van der Waals surface area contributed by atoms with Crippen LogP contribution in [0.25, 0.3) is 17.4 Å². The summed E-state index contributed by atoms with van der Waals surface area (Å²) in [6.07, 6.45) is 3.20. The predicted octanol–water partition coefficient (Wildman–Crippen LogP) is 5.80. The molecule has 3 rings (SSSR count). The molecule has 0 atom stereocenters. The number of benzene rings is 2. The van der Waals surface area contributed by atoms with Crippen LogP contribution >= 0.6 is 11.6 Å². The van der Waals surface area contributed by atoms with Gasteiger partial charge in [-0.15, -0.1) is 0 Å². The minimum absolute atomic E-state index is 0.0468. The first kappa shape index (κ1) is 15.3. The van der Waals surface area contributed by atoms with E-state index in [2.05, 4.69) is 0 Å². The summed E-state index contributed by atoms with van der Waals surface area (Å²) in [6, 6.07) is 18.7. The number of furan rings is 1. The van der Waals surface area contributed by atoms with Crippen molar-refractivity contribution in [2.75, 3.05) is 0 Å². The van der Waals surface area contributed by atoms with Gasteiger partial charge in [-0.25, -0.2) is 0 Å². The molecule has 0 amide bonds. The van der Waals surface area contributed by atoms with E-state index in [0.717, 1.165) is 16.9 Å². The lowest BCUT2D eigenvalue weighted by atomic mass is 10.1. The number of aryl methyl sites for hydroxylation is 1. The van der Waals surface area contributed by atoms with Crippen molar-refractivity contribution in [3.8, 4) is 11.3 Å². The van der Waals surface area contributed by atoms with Crippen LogP contribution in [-0.4, -0.2) is 5.78 Å². The van der Waals surface area contributed by atoms with E-state index in [9.17, 15) is 4.79 Å². The smallest absolute Gasteiger partial charge is 0.185 e. The van der Waals surface area contributed by atoms with Crippen LogP contribution in [0.5, 0.6) is 0 Å². The highest BCUT2D eigenvalue weighted by molar-refractivity contribution is 6.30. The predicted molar refractivity (Wildman–Crippen MR) is 93.7 cm³/mol. The molecule has 0 spiro atoms. The van der Waals surface area contributed by atoms with Crippen molar-refractivity contribution in [3.05, 3.63) is 88.6 Å². The molecule has 0 saturated heterocycles. The maximum atomic E-state index is 12.1. The zero-order valence-electron chi connectivity index (χ0n) is 12.6. The summed E-state index contributed by atoms with van der Waals surface area (Å²) >= 11 is 5.98. The summed E-state index contributed by atoms with van der Waals surface area (Å²) in [4.78, 5) is 12.1. The molecule has 2 aromatic carbocycles. The first-order valence-electron chi connectivity index (χ1n) is 7.27. The van der Waals surface area contributed by atoms with Crippen molar-refractivity contribution < 1.29 is 9.21 Å². The minimum atomic E-state index is -0.0468. The summed E-state index contributed by atoms with van der Waals surface area (Å²) in [5.41, 5.74) is 2.63. The Morgan fingerprint density at radius 2 is 1.87 bits per heavy atom. The van der Waals surface area contributed by atoms with Crippen LogP contribution in [0.4, 0.5) is 0 Å². The van der Waals surface area contributed by atoms with Gasteiger partial charge in [-0.1, -0.05) is 47.5 Å². The van der Waals surface area contributed by atoms with Gasteiger partial charge in [0.2, 0.25) is 0 Å². The Morgan fingerprint density at radius 3 is 2.65 bits per heavy atom. The van der Waals surface area contributed by atoms with Crippen LogP contribution in [-0.2, 0) is 0 Å². The molecule has 0 aliphatic carbocycles. The standard InChI is InChI=1S/C20H15ClO2/c1-14-4-2-5-15(12-14)19(22)10-8-18-9-11-20(23-18)16-6-3-7-17(21)13-16/h2-13H,1H3/b10-8+. The van der Waals surface area contributed by atoms with Crippen molar-refractivity contribution in [1.82, 2.24) is 0 Å². The van der Waals surface area contributed by atoms with E-state index in [1.165, 1.54) is 6.08 Å². The lowest BCUT2D eigenvalue weighted by Crippen LogP contribution is -1.93. The number of halogens is 1. The van der Waals surface area contributed by atoms with Gasteiger partial charge in [0, 0.05) is 16.1 Å². The SMILES string of the molecule is Cc1cccc(C(=O)/C=C/c2ccc(-c3cccc(Cl)c3)o2)c1. The van der Waals surface area contributed by atoms with Crippen LogP contribution in [0, 0.1) is 6.92 Å². The monoisotopic (exact) mass is 322 g/mol. The Labute approximate surface area is 140 Å². The second-order valence-electron chi connectivity index (χ2n) is 5.28. The fourth-order valence-corrected chi connectivity index (χ4v) is 2.48. The molecule has 3 heteroatoms. The highest BCUT2D eigenvalue weighted by Gasteiger charge is 2.05. The first-order valence-corrected chi connectivity index (χ1v) is 7.64. The van der Waals surface area contributed by atoms with Crippen LogP contribution in [0.3, 0.4) is 0 Å². The normalized spacial score (nSPS) is 11.0. The third-order valence-corrected chi connectivity index (χ3v) is 3.67. The molecule has 0 unspecified atom stereocenters. The van der Waals surface area contributed by atoms with Gasteiger partial charge in [0.25, 0.3) is 0 Å². The molecule has 0 fully saturated rings. The number of carbonyl (C=O) groups excluding carboxylic acids is 1. The van der Waals surface area contributed by atoms with Crippen molar-refractivity contribution in [2.45, 2.75) is 6.92 Å². The third-order valence-electron chi connectivity index (χ3n) is 3.44. The molecule has 3 aromatic rings. The fourth-order valence-electron chi connectivity index (χ4n) is 2.29. The van der Waals surface area contributed by atoms with Gasteiger partial charge in [-0.2, -0.15) is 0 Å². The Bertz CT molecular complexity index is 875. The molecule has 0 aliphatic rings. The van der Waals surface area contributed by atoms with Gasteiger partial charge >= 0.3 is 0 Å². The Hall–Kier alpha value is -2.58. The zero-order chi connectivity index (χ0) is 16.2. The van der Waals surface area contributed by atoms with Gasteiger partial charge in [-0.05, 0) is 49.4 Å². The highest BCUT2D eigenvalue weighted by Crippen LogP contribution is 2.25. The molecule has 0 bridgehead atoms. The average molecular weight is 323 g/mol. The molecular weight excluding hydrogens is 308 g/mol.